The van der Waals surface area contributed by atoms with Gasteiger partial charge in [0.05, 0.1) is 32.3 Å². The number of hydrogen-bond acceptors (Lipinski definition) is 5. The van der Waals surface area contributed by atoms with Gasteiger partial charge in [0, 0.05) is 6.42 Å². The maximum atomic E-state index is 13.0. The molecule has 0 aliphatic heterocycles. The van der Waals surface area contributed by atoms with Crippen molar-refractivity contribution in [2.75, 3.05) is 13.7 Å². The molecule has 1 N–H and O–H groups in total. The number of methoxy groups -OCH3 is 1. The monoisotopic (exact) mass is 654 g/mol. The van der Waals surface area contributed by atoms with Crippen molar-refractivity contribution in [2.24, 2.45) is 0 Å². The van der Waals surface area contributed by atoms with Crippen LogP contribution >= 0.6 is 0 Å². The third-order valence-corrected chi connectivity index (χ3v) is 19.1. The summed E-state index contributed by atoms with van der Waals surface area (Å²) in [7, 11) is -4.61. The summed E-state index contributed by atoms with van der Waals surface area (Å²) in [6.07, 6.45) is -0.810. The smallest absolute Gasteiger partial charge is 0.308 e. The molecule has 0 spiro atoms. The lowest BCUT2D eigenvalue weighted by Gasteiger charge is -2.47. The highest BCUT2D eigenvalue weighted by Crippen LogP contribution is 2.40. The second-order valence-electron chi connectivity index (χ2n) is 14.0. The lowest BCUT2D eigenvalue weighted by Crippen LogP contribution is -2.69. The van der Waals surface area contributed by atoms with Crippen LogP contribution in [0.4, 0.5) is 0 Å². The average Bonchev–Trinajstić information content (AvgIpc) is 3.05. The van der Waals surface area contributed by atoms with Gasteiger partial charge in [0.25, 0.3) is 16.6 Å². The van der Waals surface area contributed by atoms with Gasteiger partial charge in [-0.1, -0.05) is 163 Å². The van der Waals surface area contributed by atoms with Crippen LogP contribution in [-0.4, -0.2) is 53.6 Å². The van der Waals surface area contributed by atoms with Gasteiger partial charge in [0.1, 0.15) is 0 Å². The van der Waals surface area contributed by atoms with Gasteiger partial charge in [-0.3, -0.25) is 4.79 Å². The number of carbonyl (C=O) groups is 1. The Morgan fingerprint density at radius 1 is 0.587 bits per heavy atom. The number of ether oxygens (including phenoxy) is 1. The normalized spacial score (nSPS) is 14.0. The summed E-state index contributed by atoms with van der Waals surface area (Å²) < 4.78 is 20.0. The first kappa shape index (κ1) is 35.5. The van der Waals surface area contributed by atoms with Crippen LogP contribution in [-0.2, 0) is 18.4 Å². The quantitative estimate of drug-likeness (QED) is 0.145. The highest BCUT2D eigenvalue weighted by molar-refractivity contribution is 7.00. The Balaban J connectivity index is 1.85. The maximum absolute atomic E-state index is 13.0. The zero-order chi connectivity index (χ0) is 33.4. The fourth-order valence-corrected chi connectivity index (χ4v) is 16.2. The molecule has 5 nitrogen and oxygen atoms in total. The van der Waals surface area contributed by atoms with E-state index >= 15 is 0 Å². The van der Waals surface area contributed by atoms with E-state index in [-0.39, 0.29) is 29.1 Å². The number of esters is 1. The van der Waals surface area contributed by atoms with Gasteiger partial charge in [0.15, 0.2) is 0 Å². The molecule has 0 bridgehead atoms. The van der Waals surface area contributed by atoms with Crippen LogP contribution in [0.2, 0.25) is 10.1 Å². The lowest BCUT2D eigenvalue weighted by atomic mass is 10.1. The molecule has 2 atom stereocenters. The summed E-state index contributed by atoms with van der Waals surface area (Å²) in [4.78, 5) is 13.0. The Morgan fingerprint density at radius 3 is 1.15 bits per heavy atom. The Kier molecular flexibility index (Phi) is 11.6. The number of aliphatic hydroxyl groups is 1. The third-order valence-electron chi connectivity index (χ3n) is 8.87. The summed E-state index contributed by atoms with van der Waals surface area (Å²) in [6, 6.07) is 41.6. The molecule has 0 amide bonds. The van der Waals surface area contributed by atoms with E-state index in [1.54, 1.807) is 0 Å². The Bertz CT molecular complexity index is 1420. The third kappa shape index (κ3) is 7.45. The topological polar surface area (TPSA) is 65.0 Å². The summed E-state index contributed by atoms with van der Waals surface area (Å²) >= 11 is 0. The fraction of sp³-hybridized carbons (Fsp3) is 0.359. The van der Waals surface area contributed by atoms with Gasteiger partial charge in [0.2, 0.25) is 0 Å². The van der Waals surface area contributed by atoms with Crippen molar-refractivity contribution < 1.29 is 23.5 Å². The second kappa shape index (κ2) is 15.0. The predicted octanol–water partition coefficient (Wildman–Crippen LogP) is 5.82. The van der Waals surface area contributed by atoms with E-state index in [0.29, 0.717) is 6.42 Å². The molecule has 0 aliphatic carbocycles. The first-order valence-corrected chi connectivity index (χ1v) is 20.0. The highest BCUT2D eigenvalue weighted by Gasteiger charge is 2.54. The van der Waals surface area contributed by atoms with Gasteiger partial charge < -0.3 is 18.7 Å². The van der Waals surface area contributed by atoms with Gasteiger partial charge in [-0.05, 0) is 30.8 Å². The minimum absolute atomic E-state index is 0.0433. The SMILES string of the molecule is COC(=O)CC(CC(CO)O[Si](c1ccccc1)(c1ccccc1)C(C)(C)C)O[Si](c1ccccc1)(c1ccccc1)C(C)(C)C. The zero-order valence-electron chi connectivity index (χ0n) is 28.4. The molecule has 4 aromatic carbocycles. The van der Waals surface area contributed by atoms with Gasteiger partial charge in [-0.2, -0.15) is 0 Å². The van der Waals surface area contributed by atoms with Crippen molar-refractivity contribution in [3.8, 4) is 0 Å². The maximum Gasteiger partial charge on any atom is 0.308 e. The van der Waals surface area contributed by atoms with Gasteiger partial charge in [-0.25, -0.2) is 0 Å². The minimum Gasteiger partial charge on any atom is -0.469 e. The van der Waals surface area contributed by atoms with Gasteiger partial charge in [-0.15, -0.1) is 0 Å². The van der Waals surface area contributed by atoms with Crippen molar-refractivity contribution >= 4 is 43.4 Å². The van der Waals surface area contributed by atoms with Crippen LogP contribution in [0.5, 0.6) is 0 Å². The van der Waals surface area contributed by atoms with Crippen molar-refractivity contribution in [3.05, 3.63) is 121 Å². The first-order chi connectivity index (χ1) is 21.9. The van der Waals surface area contributed by atoms with Crippen LogP contribution in [0.3, 0.4) is 0 Å². The molecule has 7 heteroatoms. The van der Waals surface area contributed by atoms with Crippen molar-refractivity contribution in [1.29, 1.82) is 0 Å². The number of benzene rings is 4. The van der Waals surface area contributed by atoms with Crippen molar-refractivity contribution in [2.45, 2.75) is 76.7 Å². The van der Waals surface area contributed by atoms with Crippen LogP contribution < -0.4 is 20.7 Å². The molecule has 0 aliphatic rings. The van der Waals surface area contributed by atoms with E-state index in [2.05, 4.69) is 114 Å². The number of rotatable bonds is 13. The average molecular weight is 655 g/mol. The van der Waals surface area contributed by atoms with Crippen LogP contribution in [0.15, 0.2) is 121 Å². The van der Waals surface area contributed by atoms with E-state index in [9.17, 15) is 9.90 Å². The van der Waals surface area contributed by atoms with E-state index in [1.807, 2.05) is 48.5 Å². The summed E-state index contributed by atoms with van der Waals surface area (Å²) in [5.74, 6) is -0.356. The lowest BCUT2D eigenvalue weighted by molar-refractivity contribution is -0.142. The molecule has 4 aromatic rings. The molecule has 4 rings (SSSR count). The molecule has 0 saturated heterocycles. The number of aliphatic hydroxyl groups excluding tert-OH is 1. The standard InChI is InChI=1S/C39H50O5Si2/c1-38(2,3)45(33-20-12-8-13-21-33,34-22-14-9-15-23-34)43-31(29-37(41)42-7)28-32(30-40)44-46(39(4,5)6,35-24-16-10-17-25-35)36-26-18-11-19-27-36/h8-27,31-32,40H,28-30H2,1-7H3. The molecular weight excluding hydrogens is 605 g/mol. The Morgan fingerprint density at radius 2 is 0.891 bits per heavy atom. The predicted molar refractivity (Wildman–Crippen MR) is 193 cm³/mol. The molecule has 46 heavy (non-hydrogen) atoms. The van der Waals surface area contributed by atoms with Crippen LogP contribution in [0.25, 0.3) is 0 Å². The van der Waals surface area contributed by atoms with E-state index in [1.165, 1.54) is 7.11 Å². The minimum atomic E-state index is -3.03. The molecule has 0 heterocycles. The molecule has 244 valence electrons. The van der Waals surface area contributed by atoms with E-state index in [4.69, 9.17) is 13.6 Å². The molecule has 0 fully saturated rings. The molecule has 2 unspecified atom stereocenters. The van der Waals surface area contributed by atoms with Crippen LogP contribution in [0.1, 0.15) is 54.4 Å². The zero-order valence-corrected chi connectivity index (χ0v) is 30.4. The van der Waals surface area contributed by atoms with Crippen LogP contribution in [0, 0.1) is 0 Å². The molecular formula is C39H50O5Si2. The van der Waals surface area contributed by atoms with Gasteiger partial charge >= 0.3 is 5.97 Å². The second-order valence-corrected chi connectivity index (χ2v) is 22.5. The van der Waals surface area contributed by atoms with Crippen molar-refractivity contribution in [1.82, 2.24) is 0 Å². The fourth-order valence-electron chi connectivity index (χ4n) is 6.78. The molecule has 0 saturated carbocycles. The highest BCUT2D eigenvalue weighted by atomic mass is 28.4. The number of hydrogen-bond donors (Lipinski definition) is 1. The van der Waals surface area contributed by atoms with E-state index < -0.39 is 28.8 Å². The largest absolute Gasteiger partial charge is 0.469 e. The summed E-state index contributed by atoms with van der Waals surface area (Å²) in [5.41, 5.74) is 0. The number of carbonyl (C=O) groups excluding carboxylic acids is 1. The Hall–Kier alpha value is -3.34. The molecule has 0 radical (unpaired) electrons. The van der Waals surface area contributed by atoms with E-state index in [0.717, 1.165) is 20.7 Å². The Labute approximate surface area is 277 Å². The summed E-state index contributed by atoms with van der Waals surface area (Å²) in [5, 5.41) is 14.9. The molecule has 0 aromatic heterocycles. The van der Waals surface area contributed by atoms with Crippen molar-refractivity contribution in [3.63, 3.8) is 0 Å². The first-order valence-electron chi connectivity index (χ1n) is 16.1. The summed E-state index contributed by atoms with van der Waals surface area (Å²) in [6.45, 7) is 13.1.